The van der Waals surface area contributed by atoms with E-state index >= 15 is 0 Å². The second kappa shape index (κ2) is 6.96. The topological polar surface area (TPSA) is 52.0 Å². The average Bonchev–Trinajstić information content (AvgIpc) is 3.02. The van der Waals surface area contributed by atoms with Gasteiger partial charge >= 0.3 is 0 Å². The molecule has 1 aliphatic rings. The van der Waals surface area contributed by atoms with Crippen LogP contribution in [-0.2, 0) is 19.4 Å². The molecule has 1 aliphatic carbocycles. The molecule has 0 saturated heterocycles. The minimum atomic E-state index is -0.0860. The summed E-state index contributed by atoms with van der Waals surface area (Å²) in [5.41, 5.74) is 3.07. The van der Waals surface area contributed by atoms with Crippen molar-refractivity contribution in [3.63, 3.8) is 0 Å². The molecule has 28 heavy (non-hydrogen) atoms. The van der Waals surface area contributed by atoms with Crippen molar-refractivity contribution in [1.82, 2.24) is 9.55 Å². The molecule has 0 N–H and O–H groups in total. The molecule has 2 heterocycles. The molecule has 0 unspecified atom stereocenters. The summed E-state index contributed by atoms with van der Waals surface area (Å²) in [5, 5.41) is 0.728. The number of hydrogen-bond donors (Lipinski definition) is 0. The van der Waals surface area contributed by atoms with Crippen molar-refractivity contribution in [2.24, 2.45) is 11.3 Å². The number of thiophene rings is 1. The molecule has 0 amide bonds. The van der Waals surface area contributed by atoms with Crippen LogP contribution in [0.3, 0.4) is 0 Å². The van der Waals surface area contributed by atoms with E-state index in [1.165, 1.54) is 15.8 Å². The van der Waals surface area contributed by atoms with E-state index in [1.807, 2.05) is 31.2 Å². The minimum absolute atomic E-state index is 0.0278. The van der Waals surface area contributed by atoms with Gasteiger partial charge in [0.25, 0.3) is 5.56 Å². The van der Waals surface area contributed by atoms with Gasteiger partial charge in [0.05, 0.1) is 18.3 Å². The predicted molar refractivity (Wildman–Crippen MR) is 114 cm³/mol. The molecule has 0 bridgehead atoms. The van der Waals surface area contributed by atoms with E-state index in [0.29, 0.717) is 11.5 Å². The van der Waals surface area contributed by atoms with Crippen LogP contribution in [0.5, 0.6) is 0 Å². The van der Waals surface area contributed by atoms with Crippen molar-refractivity contribution < 1.29 is 4.79 Å². The van der Waals surface area contributed by atoms with Crippen LogP contribution in [0, 0.1) is 18.3 Å². The third kappa shape index (κ3) is 3.44. The van der Waals surface area contributed by atoms with E-state index < -0.39 is 0 Å². The summed E-state index contributed by atoms with van der Waals surface area (Å²) in [6.45, 7) is 8.88. The summed E-state index contributed by atoms with van der Waals surface area (Å²) in [4.78, 5) is 32.4. The van der Waals surface area contributed by atoms with Crippen molar-refractivity contribution in [2.75, 3.05) is 0 Å². The van der Waals surface area contributed by atoms with Gasteiger partial charge in [0.1, 0.15) is 4.83 Å². The van der Waals surface area contributed by atoms with Crippen LogP contribution in [0.4, 0.5) is 0 Å². The van der Waals surface area contributed by atoms with Gasteiger partial charge in [-0.1, -0.05) is 50.6 Å². The van der Waals surface area contributed by atoms with Gasteiger partial charge in [-0.2, -0.15) is 0 Å². The molecule has 2 aromatic heterocycles. The smallest absolute Gasteiger partial charge is 0.262 e. The van der Waals surface area contributed by atoms with Crippen molar-refractivity contribution in [3.05, 3.63) is 62.5 Å². The number of carbonyl (C=O) groups is 1. The molecule has 4 rings (SSSR count). The molecule has 0 radical (unpaired) electrons. The Balaban J connectivity index is 1.67. The zero-order valence-corrected chi connectivity index (χ0v) is 17.7. The Morgan fingerprint density at radius 2 is 1.96 bits per heavy atom. The van der Waals surface area contributed by atoms with Crippen molar-refractivity contribution in [2.45, 2.75) is 53.5 Å². The normalized spacial score (nSPS) is 16.9. The van der Waals surface area contributed by atoms with E-state index in [2.05, 4.69) is 25.8 Å². The van der Waals surface area contributed by atoms with E-state index in [4.69, 9.17) is 0 Å². The van der Waals surface area contributed by atoms with Gasteiger partial charge < -0.3 is 0 Å². The van der Waals surface area contributed by atoms with Crippen LogP contribution in [0.2, 0.25) is 0 Å². The first-order chi connectivity index (χ1) is 13.2. The number of nitrogens with zero attached hydrogens (tertiary/aromatic N) is 2. The quantitative estimate of drug-likeness (QED) is 0.600. The highest BCUT2D eigenvalue weighted by Crippen LogP contribution is 2.41. The van der Waals surface area contributed by atoms with E-state index in [9.17, 15) is 9.59 Å². The number of aromatic nitrogens is 2. The third-order valence-electron chi connectivity index (χ3n) is 5.95. The molecule has 0 saturated carbocycles. The maximum Gasteiger partial charge on any atom is 0.262 e. The number of benzene rings is 1. The maximum absolute atomic E-state index is 13.1. The lowest BCUT2D eigenvalue weighted by Gasteiger charge is -2.33. The number of ketones is 1. The Morgan fingerprint density at radius 3 is 2.64 bits per heavy atom. The first-order valence-corrected chi connectivity index (χ1v) is 10.7. The molecule has 1 atom stereocenters. The summed E-state index contributed by atoms with van der Waals surface area (Å²) in [5.74, 6) is 0.554. The molecular formula is C23H26N2O2S. The molecule has 5 heteroatoms. The van der Waals surface area contributed by atoms with Gasteiger partial charge in [-0.25, -0.2) is 4.98 Å². The first kappa shape index (κ1) is 19.1. The first-order valence-electron chi connectivity index (χ1n) is 9.83. The molecular weight excluding hydrogens is 368 g/mol. The fourth-order valence-corrected chi connectivity index (χ4v) is 5.30. The highest BCUT2D eigenvalue weighted by atomic mass is 32.1. The third-order valence-corrected chi connectivity index (χ3v) is 7.11. The Kier molecular flexibility index (Phi) is 4.74. The Morgan fingerprint density at radius 1 is 1.25 bits per heavy atom. The van der Waals surface area contributed by atoms with Gasteiger partial charge in [0.15, 0.2) is 5.78 Å². The number of hydrogen-bond acceptors (Lipinski definition) is 4. The van der Waals surface area contributed by atoms with E-state index in [0.717, 1.165) is 40.6 Å². The second-order valence-electron chi connectivity index (χ2n) is 8.96. The number of fused-ring (bicyclic) bond motifs is 3. The molecule has 0 fully saturated rings. The molecule has 146 valence electrons. The summed E-state index contributed by atoms with van der Waals surface area (Å²) in [6.07, 6.45) is 4.56. The largest absolute Gasteiger partial charge is 0.292 e. The Labute approximate surface area is 169 Å². The zero-order valence-electron chi connectivity index (χ0n) is 16.9. The Bertz CT molecular complexity index is 1100. The summed E-state index contributed by atoms with van der Waals surface area (Å²) in [6, 6.07) is 7.46. The fourth-order valence-electron chi connectivity index (χ4n) is 4.04. The predicted octanol–water partition coefficient (Wildman–Crippen LogP) is 4.80. The van der Waals surface area contributed by atoms with Crippen LogP contribution >= 0.6 is 11.3 Å². The number of aryl methyl sites for hydroxylation is 2. The molecule has 1 aromatic carbocycles. The summed E-state index contributed by atoms with van der Waals surface area (Å²) in [7, 11) is 0. The van der Waals surface area contributed by atoms with E-state index in [-0.39, 0.29) is 23.3 Å². The summed E-state index contributed by atoms with van der Waals surface area (Å²) >= 11 is 1.65. The minimum Gasteiger partial charge on any atom is -0.292 e. The van der Waals surface area contributed by atoms with Crippen LogP contribution < -0.4 is 5.56 Å². The molecule has 4 nitrogen and oxygen atoms in total. The van der Waals surface area contributed by atoms with Crippen molar-refractivity contribution in [3.8, 4) is 0 Å². The standard InChI is InChI=1S/C23H26N2O2S/c1-14-5-7-15(8-6-14)18(26)12-25-13-24-21-20(22(25)27)17-10-9-16(23(2,3)4)11-19(17)28-21/h5-8,13,16H,9-12H2,1-4H3/t16-/m1/s1. The van der Waals surface area contributed by atoms with Gasteiger partial charge in [0, 0.05) is 10.4 Å². The van der Waals surface area contributed by atoms with Gasteiger partial charge in [-0.3, -0.25) is 14.2 Å². The lowest BCUT2D eigenvalue weighted by Crippen LogP contribution is -2.27. The van der Waals surface area contributed by atoms with Gasteiger partial charge in [-0.05, 0) is 43.1 Å². The van der Waals surface area contributed by atoms with E-state index in [1.54, 1.807) is 11.3 Å². The highest BCUT2D eigenvalue weighted by molar-refractivity contribution is 7.18. The number of rotatable bonds is 3. The van der Waals surface area contributed by atoms with Crippen LogP contribution in [0.15, 0.2) is 35.4 Å². The number of carbonyl (C=O) groups excluding carboxylic acids is 1. The van der Waals surface area contributed by atoms with Crippen molar-refractivity contribution >= 4 is 27.3 Å². The van der Waals surface area contributed by atoms with Crippen LogP contribution in [-0.4, -0.2) is 15.3 Å². The van der Waals surface area contributed by atoms with Gasteiger partial charge in [-0.15, -0.1) is 11.3 Å². The average molecular weight is 395 g/mol. The summed E-state index contributed by atoms with van der Waals surface area (Å²) < 4.78 is 1.47. The fraction of sp³-hybridized carbons (Fsp3) is 0.435. The Hall–Kier alpha value is -2.27. The highest BCUT2D eigenvalue weighted by Gasteiger charge is 2.31. The monoisotopic (exact) mass is 394 g/mol. The van der Waals surface area contributed by atoms with Crippen LogP contribution in [0.1, 0.15) is 53.6 Å². The maximum atomic E-state index is 13.1. The lowest BCUT2D eigenvalue weighted by atomic mass is 9.72. The molecule has 0 aliphatic heterocycles. The molecule has 0 spiro atoms. The van der Waals surface area contributed by atoms with Gasteiger partial charge in [0.2, 0.25) is 0 Å². The number of Topliss-reactive ketones (excluding diaryl/α,β-unsaturated/α-hetero) is 1. The SMILES string of the molecule is Cc1ccc(C(=O)Cn2cnc3sc4c(c3c2=O)CC[C@@H](C(C)(C)C)C4)cc1. The molecule has 3 aromatic rings. The van der Waals surface area contributed by atoms with Crippen LogP contribution in [0.25, 0.3) is 10.2 Å². The lowest BCUT2D eigenvalue weighted by molar-refractivity contribution is 0.0970. The van der Waals surface area contributed by atoms with Crippen molar-refractivity contribution in [1.29, 1.82) is 0 Å². The second-order valence-corrected chi connectivity index (χ2v) is 10.0. The zero-order chi connectivity index (χ0) is 20.1.